The first-order valence-corrected chi connectivity index (χ1v) is 7.24. The number of hydrogen-bond acceptors (Lipinski definition) is 1. The van der Waals surface area contributed by atoms with Gasteiger partial charge in [0.25, 0.3) is 0 Å². The number of carbonyl (C=O) groups excluding carboxylic acids is 1. The lowest BCUT2D eigenvalue weighted by Gasteiger charge is -2.23. The van der Waals surface area contributed by atoms with E-state index in [9.17, 15) is 9.18 Å². The van der Waals surface area contributed by atoms with Gasteiger partial charge in [-0.15, -0.1) is 0 Å². The molecule has 1 aliphatic heterocycles. The Morgan fingerprint density at radius 3 is 2.79 bits per heavy atom. The van der Waals surface area contributed by atoms with Crippen LogP contribution in [-0.2, 0) is 11.2 Å². The van der Waals surface area contributed by atoms with Crippen molar-refractivity contribution in [3.63, 3.8) is 0 Å². The molecule has 1 heterocycles. The lowest BCUT2D eigenvalue weighted by Crippen LogP contribution is -2.34. The Balaban J connectivity index is 1.76. The Morgan fingerprint density at radius 2 is 2.11 bits per heavy atom. The second-order valence-electron chi connectivity index (χ2n) is 5.27. The molecule has 0 aliphatic carbocycles. The summed E-state index contributed by atoms with van der Waals surface area (Å²) in [6, 6.07) is 7.00. The molecule has 0 radical (unpaired) electrons. The van der Waals surface area contributed by atoms with Crippen molar-refractivity contribution in [2.75, 3.05) is 6.54 Å². The first-order chi connectivity index (χ1) is 9.20. The second-order valence-corrected chi connectivity index (χ2v) is 5.27. The Morgan fingerprint density at radius 1 is 1.37 bits per heavy atom. The normalized spacial score (nSPS) is 18.8. The molecular weight excluding hydrogens is 241 g/mol. The van der Waals surface area contributed by atoms with Gasteiger partial charge in [-0.05, 0) is 49.8 Å². The monoisotopic (exact) mass is 263 g/mol. The lowest BCUT2D eigenvalue weighted by molar-refractivity contribution is -0.132. The van der Waals surface area contributed by atoms with Gasteiger partial charge in [-0.3, -0.25) is 4.79 Å². The molecule has 1 aliphatic rings. The predicted octanol–water partition coefficient (Wildman–Crippen LogP) is 3.55. The van der Waals surface area contributed by atoms with Crippen LogP contribution in [0.25, 0.3) is 0 Å². The zero-order valence-electron chi connectivity index (χ0n) is 11.6. The summed E-state index contributed by atoms with van der Waals surface area (Å²) in [5, 5.41) is 0. The number of halogens is 1. The molecular formula is C16H22FNO. The van der Waals surface area contributed by atoms with E-state index in [1.165, 1.54) is 12.1 Å². The average Bonchev–Trinajstić information content (AvgIpc) is 2.89. The minimum Gasteiger partial charge on any atom is -0.340 e. The molecule has 2 rings (SSSR count). The van der Waals surface area contributed by atoms with Crippen molar-refractivity contribution >= 4 is 5.91 Å². The molecule has 104 valence electrons. The molecule has 1 atom stereocenters. The maximum atomic E-state index is 12.8. The summed E-state index contributed by atoms with van der Waals surface area (Å²) in [5.74, 6) is 0.0779. The quantitative estimate of drug-likeness (QED) is 0.795. The number of aryl methyl sites for hydroxylation is 1. The standard InChI is InChI=1S/C16H22FNO/c1-2-15-6-4-12-18(15)16(19)7-3-5-13-8-10-14(17)11-9-13/h8-11,15H,2-7,12H2,1H3. The molecule has 1 saturated heterocycles. The molecule has 1 fully saturated rings. The Hall–Kier alpha value is -1.38. The minimum absolute atomic E-state index is 0.206. The van der Waals surface area contributed by atoms with Crippen LogP contribution in [0.15, 0.2) is 24.3 Å². The molecule has 0 bridgehead atoms. The van der Waals surface area contributed by atoms with Gasteiger partial charge in [0.05, 0.1) is 0 Å². The number of likely N-dealkylation sites (tertiary alicyclic amines) is 1. The van der Waals surface area contributed by atoms with Gasteiger partial charge in [0.1, 0.15) is 5.82 Å². The van der Waals surface area contributed by atoms with Crippen LogP contribution < -0.4 is 0 Å². The fourth-order valence-electron chi connectivity index (χ4n) is 2.83. The number of amides is 1. The number of hydrogen-bond donors (Lipinski definition) is 0. The van der Waals surface area contributed by atoms with E-state index in [4.69, 9.17) is 0 Å². The van der Waals surface area contributed by atoms with Gasteiger partial charge in [-0.25, -0.2) is 4.39 Å². The van der Waals surface area contributed by atoms with E-state index in [2.05, 4.69) is 6.92 Å². The van der Waals surface area contributed by atoms with Crippen LogP contribution in [0, 0.1) is 5.82 Å². The highest BCUT2D eigenvalue weighted by molar-refractivity contribution is 5.76. The number of carbonyl (C=O) groups is 1. The molecule has 1 aromatic rings. The van der Waals surface area contributed by atoms with Crippen LogP contribution in [0.5, 0.6) is 0 Å². The maximum absolute atomic E-state index is 12.8. The summed E-state index contributed by atoms with van der Waals surface area (Å²) < 4.78 is 12.8. The van der Waals surface area contributed by atoms with Gasteiger partial charge in [0.2, 0.25) is 5.91 Å². The van der Waals surface area contributed by atoms with Gasteiger partial charge in [-0.1, -0.05) is 19.1 Å². The Bertz CT molecular complexity index is 415. The molecule has 1 amide bonds. The summed E-state index contributed by atoms with van der Waals surface area (Å²) in [7, 11) is 0. The van der Waals surface area contributed by atoms with Crippen LogP contribution >= 0.6 is 0 Å². The smallest absolute Gasteiger partial charge is 0.222 e. The lowest BCUT2D eigenvalue weighted by atomic mass is 10.1. The van der Waals surface area contributed by atoms with Gasteiger partial charge < -0.3 is 4.90 Å². The molecule has 0 saturated carbocycles. The van der Waals surface area contributed by atoms with E-state index in [1.807, 2.05) is 4.90 Å². The van der Waals surface area contributed by atoms with Crippen molar-refractivity contribution in [2.24, 2.45) is 0 Å². The van der Waals surface area contributed by atoms with Crippen molar-refractivity contribution in [1.82, 2.24) is 4.90 Å². The van der Waals surface area contributed by atoms with Crippen molar-refractivity contribution < 1.29 is 9.18 Å². The van der Waals surface area contributed by atoms with Crippen LogP contribution in [-0.4, -0.2) is 23.4 Å². The molecule has 0 aromatic heterocycles. The van der Waals surface area contributed by atoms with Gasteiger partial charge in [0.15, 0.2) is 0 Å². The van der Waals surface area contributed by atoms with Crippen LogP contribution in [0.2, 0.25) is 0 Å². The van der Waals surface area contributed by atoms with Gasteiger partial charge >= 0.3 is 0 Å². The van der Waals surface area contributed by atoms with E-state index >= 15 is 0 Å². The largest absolute Gasteiger partial charge is 0.340 e. The average molecular weight is 263 g/mol. The molecule has 0 N–H and O–H groups in total. The summed E-state index contributed by atoms with van der Waals surface area (Å²) in [6.45, 7) is 3.07. The third-order valence-corrected chi connectivity index (χ3v) is 3.94. The molecule has 0 spiro atoms. The van der Waals surface area contributed by atoms with Crippen molar-refractivity contribution in [2.45, 2.75) is 51.5 Å². The zero-order valence-corrected chi connectivity index (χ0v) is 11.6. The second kappa shape index (κ2) is 6.69. The fourth-order valence-corrected chi connectivity index (χ4v) is 2.83. The van der Waals surface area contributed by atoms with Crippen molar-refractivity contribution in [3.8, 4) is 0 Å². The summed E-state index contributed by atoms with van der Waals surface area (Å²) in [6.07, 6.45) is 5.65. The van der Waals surface area contributed by atoms with Gasteiger partial charge in [-0.2, -0.15) is 0 Å². The van der Waals surface area contributed by atoms with E-state index in [0.29, 0.717) is 12.5 Å². The third-order valence-electron chi connectivity index (χ3n) is 3.94. The fraction of sp³-hybridized carbons (Fsp3) is 0.562. The van der Waals surface area contributed by atoms with Crippen LogP contribution in [0.4, 0.5) is 4.39 Å². The predicted molar refractivity (Wildman–Crippen MR) is 74.4 cm³/mol. The number of benzene rings is 1. The Kier molecular flexibility index (Phi) is 4.94. The minimum atomic E-state index is -0.206. The van der Waals surface area contributed by atoms with Crippen molar-refractivity contribution in [3.05, 3.63) is 35.6 Å². The van der Waals surface area contributed by atoms with E-state index in [-0.39, 0.29) is 11.7 Å². The highest BCUT2D eigenvalue weighted by Gasteiger charge is 2.26. The molecule has 3 heteroatoms. The first kappa shape index (κ1) is 14.0. The number of rotatable bonds is 5. The Labute approximate surface area is 114 Å². The van der Waals surface area contributed by atoms with Crippen LogP contribution in [0.3, 0.4) is 0 Å². The SMILES string of the molecule is CCC1CCCN1C(=O)CCCc1ccc(F)cc1. The molecule has 2 nitrogen and oxygen atoms in total. The summed E-state index contributed by atoms with van der Waals surface area (Å²) in [5.41, 5.74) is 1.10. The van der Waals surface area contributed by atoms with E-state index < -0.39 is 0 Å². The third kappa shape index (κ3) is 3.79. The van der Waals surface area contributed by atoms with Gasteiger partial charge in [0, 0.05) is 19.0 Å². The summed E-state index contributed by atoms with van der Waals surface area (Å²) >= 11 is 0. The van der Waals surface area contributed by atoms with Crippen LogP contribution in [0.1, 0.15) is 44.6 Å². The maximum Gasteiger partial charge on any atom is 0.222 e. The molecule has 19 heavy (non-hydrogen) atoms. The van der Waals surface area contributed by atoms with Crippen molar-refractivity contribution in [1.29, 1.82) is 0 Å². The zero-order chi connectivity index (χ0) is 13.7. The molecule has 1 aromatic carbocycles. The van der Waals surface area contributed by atoms with E-state index in [0.717, 1.165) is 44.2 Å². The topological polar surface area (TPSA) is 20.3 Å². The molecule has 1 unspecified atom stereocenters. The first-order valence-electron chi connectivity index (χ1n) is 7.24. The highest BCUT2D eigenvalue weighted by Crippen LogP contribution is 2.21. The van der Waals surface area contributed by atoms with E-state index in [1.54, 1.807) is 12.1 Å². The highest BCUT2D eigenvalue weighted by atomic mass is 19.1. The number of nitrogens with zero attached hydrogens (tertiary/aromatic N) is 1. The summed E-state index contributed by atoms with van der Waals surface area (Å²) in [4.78, 5) is 14.2.